The van der Waals surface area contributed by atoms with Crippen molar-refractivity contribution in [3.05, 3.63) is 41.6 Å². The van der Waals surface area contributed by atoms with Gasteiger partial charge in [-0.1, -0.05) is 18.2 Å². The van der Waals surface area contributed by atoms with Crippen molar-refractivity contribution in [2.75, 3.05) is 17.7 Å². The van der Waals surface area contributed by atoms with Gasteiger partial charge < -0.3 is 15.4 Å². The number of aromatic nitrogens is 2. The molecule has 1 aliphatic rings. The molecule has 1 aromatic carbocycles. The van der Waals surface area contributed by atoms with E-state index in [0.29, 0.717) is 18.4 Å². The van der Waals surface area contributed by atoms with Crippen LogP contribution in [-0.2, 0) is 6.54 Å². The normalized spacial score (nSPS) is 14.3. The smallest absolute Gasteiger partial charge is 0.225 e. The Labute approximate surface area is 143 Å². The number of para-hydroxylation sites is 1. The van der Waals surface area contributed by atoms with E-state index < -0.39 is 0 Å². The fraction of sp³-hybridized carbons (Fsp3) is 0.474. The van der Waals surface area contributed by atoms with Crippen molar-refractivity contribution < 1.29 is 4.74 Å². The first-order chi connectivity index (χ1) is 11.4. The number of ether oxygens (including phenoxy) is 1. The van der Waals surface area contributed by atoms with E-state index in [1.165, 1.54) is 12.8 Å². The highest BCUT2D eigenvalue weighted by molar-refractivity contribution is 5.46. The molecule has 0 aliphatic heterocycles. The summed E-state index contributed by atoms with van der Waals surface area (Å²) < 4.78 is 5.41. The van der Waals surface area contributed by atoms with Crippen LogP contribution >= 0.6 is 0 Å². The van der Waals surface area contributed by atoms with E-state index in [-0.39, 0.29) is 5.54 Å². The predicted molar refractivity (Wildman–Crippen MR) is 97.7 cm³/mol. The van der Waals surface area contributed by atoms with E-state index in [1.54, 1.807) is 7.11 Å². The first-order valence-electron chi connectivity index (χ1n) is 8.47. The van der Waals surface area contributed by atoms with Crippen molar-refractivity contribution in [1.82, 2.24) is 9.97 Å². The molecule has 3 rings (SSSR count). The van der Waals surface area contributed by atoms with Crippen LogP contribution < -0.4 is 15.4 Å². The van der Waals surface area contributed by atoms with E-state index in [2.05, 4.69) is 53.5 Å². The summed E-state index contributed by atoms with van der Waals surface area (Å²) in [6.45, 7) is 7.01. The molecule has 0 radical (unpaired) electrons. The van der Waals surface area contributed by atoms with Crippen LogP contribution in [0.15, 0.2) is 30.3 Å². The molecule has 0 saturated heterocycles. The third kappa shape index (κ3) is 4.37. The van der Waals surface area contributed by atoms with Crippen LogP contribution in [0.1, 0.15) is 50.8 Å². The summed E-state index contributed by atoms with van der Waals surface area (Å²) >= 11 is 0. The molecule has 1 aromatic heterocycles. The lowest BCUT2D eigenvalue weighted by atomic mass is 10.1. The SMILES string of the molecule is COc1ccccc1CNc1cc(C2CC2)nc(NC(C)(C)C)n1. The number of nitrogens with one attached hydrogen (secondary N) is 2. The van der Waals surface area contributed by atoms with Gasteiger partial charge in [0, 0.05) is 29.6 Å². The zero-order valence-electron chi connectivity index (χ0n) is 14.9. The molecular formula is C19H26N4O. The van der Waals surface area contributed by atoms with Gasteiger partial charge in [0.1, 0.15) is 11.6 Å². The second kappa shape index (κ2) is 6.67. The number of benzene rings is 1. The summed E-state index contributed by atoms with van der Waals surface area (Å²) in [5, 5.41) is 6.79. The summed E-state index contributed by atoms with van der Waals surface area (Å²) in [7, 11) is 1.69. The predicted octanol–water partition coefficient (Wildman–Crippen LogP) is 4.19. The average Bonchev–Trinajstić information content (AvgIpc) is 3.36. The molecule has 2 N–H and O–H groups in total. The molecule has 0 atom stereocenters. The van der Waals surface area contributed by atoms with Gasteiger partial charge in [0.2, 0.25) is 5.95 Å². The molecule has 1 saturated carbocycles. The molecule has 0 unspecified atom stereocenters. The van der Waals surface area contributed by atoms with Gasteiger partial charge in [-0.15, -0.1) is 0 Å². The molecule has 0 amide bonds. The number of hydrogen-bond donors (Lipinski definition) is 2. The van der Waals surface area contributed by atoms with Crippen LogP contribution in [0.2, 0.25) is 0 Å². The Hall–Kier alpha value is -2.30. The maximum Gasteiger partial charge on any atom is 0.225 e. The van der Waals surface area contributed by atoms with Crippen LogP contribution in [0.25, 0.3) is 0 Å². The second-order valence-electron chi connectivity index (χ2n) is 7.32. The topological polar surface area (TPSA) is 59.1 Å². The van der Waals surface area contributed by atoms with Gasteiger partial charge in [0.05, 0.1) is 12.8 Å². The highest BCUT2D eigenvalue weighted by Gasteiger charge is 2.26. The van der Waals surface area contributed by atoms with Gasteiger partial charge in [-0.2, -0.15) is 4.98 Å². The van der Waals surface area contributed by atoms with Crippen molar-refractivity contribution in [3.8, 4) is 5.75 Å². The van der Waals surface area contributed by atoms with Crippen molar-refractivity contribution in [3.63, 3.8) is 0 Å². The van der Waals surface area contributed by atoms with Crippen LogP contribution in [0.5, 0.6) is 5.75 Å². The fourth-order valence-corrected chi connectivity index (χ4v) is 2.57. The van der Waals surface area contributed by atoms with Crippen molar-refractivity contribution in [2.24, 2.45) is 0 Å². The minimum atomic E-state index is -0.0674. The summed E-state index contributed by atoms with van der Waals surface area (Å²) in [5.41, 5.74) is 2.17. The fourth-order valence-electron chi connectivity index (χ4n) is 2.57. The van der Waals surface area contributed by atoms with Gasteiger partial charge in [-0.3, -0.25) is 0 Å². The zero-order chi connectivity index (χ0) is 17.2. The van der Waals surface area contributed by atoms with Gasteiger partial charge in [-0.25, -0.2) is 4.98 Å². The van der Waals surface area contributed by atoms with Crippen molar-refractivity contribution in [2.45, 2.75) is 51.6 Å². The second-order valence-corrected chi connectivity index (χ2v) is 7.32. The number of methoxy groups -OCH3 is 1. The molecule has 0 bridgehead atoms. The Morgan fingerprint density at radius 2 is 1.92 bits per heavy atom. The van der Waals surface area contributed by atoms with E-state index in [4.69, 9.17) is 4.74 Å². The monoisotopic (exact) mass is 326 g/mol. The largest absolute Gasteiger partial charge is 0.496 e. The van der Waals surface area contributed by atoms with Gasteiger partial charge in [0.15, 0.2) is 0 Å². The Bertz CT molecular complexity index is 705. The molecule has 5 nitrogen and oxygen atoms in total. The lowest BCUT2D eigenvalue weighted by Crippen LogP contribution is -2.27. The quantitative estimate of drug-likeness (QED) is 0.834. The zero-order valence-corrected chi connectivity index (χ0v) is 14.9. The average molecular weight is 326 g/mol. The highest BCUT2D eigenvalue weighted by Crippen LogP contribution is 2.40. The molecule has 24 heavy (non-hydrogen) atoms. The molecule has 0 spiro atoms. The van der Waals surface area contributed by atoms with E-state index >= 15 is 0 Å². The minimum Gasteiger partial charge on any atom is -0.496 e. The van der Waals surface area contributed by atoms with Gasteiger partial charge >= 0.3 is 0 Å². The summed E-state index contributed by atoms with van der Waals surface area (Å²) in [4.78, 5) is 9.31. The Morgan fingerprint density at radius 3 is 2.58 bits per heavy atom. The highest BCUT2D eigenvalue weighted by atomic mass is 16.5. The first kappa shape index (κ1) is 16.6. The lowest BCUT2D eigenvalue weighted by molar-refractivity contribution is 0.410. The van der Waals surface area contributed by atoms with Crippen LogP contribution in [0, 0.1) is 0 Å². The van der Waals surface area contributed by atoms with Crippen molar-refractivity contribution in [1.29, 1.82) is 0 Å². The van der Waals surface area contributed by atoms with Crippen LogP contribution in [0.4, 0.5) is 11.8 Å². The molecule has 5 heteroatoms. The number of hydrogen-bond acceptors (Lipinski definition) is 5. The third-order valence-electron chi connectivity index (χ3n) is 3.88. The summed E-state index contributed by atoms with van der Waals surface area (Å²) in [6.07, 6.45) is 2.44. The Balaban J connectivity index is 1.79. The molecule has 128 valence electrons. The Morgan fingerprint density at radius 1 is 1.17 bits per heavy atom. The molecule has 1 fully saturated rings. The third-order valence-corrected chi connectivity index (χ3v) is 3.88. The first-order valence-corrected chi connectivity index (χ1v) is 8.47. The molecule has 2 aromatic rings. The van der Waals surface area contributed by atoms with Gasteiger partial charge in [0.25, 0.3) is 0 Å². The maximum atomic E-state index is 5.41. The molecular weight excluding hydrogens is 300 g/mol. The van der Waals surface area contributed by atoms with Crippen LogP contribution in [0.3, 0.4) is 0 Å². The molecule has 1 heterocycles. The Kier molecular flexibility index (Phi) is 4.60. The minimum absolute atomic E-state index is 0.0674. The van der Waals surface area contributed by atoms with E-state index in [9.17, 15) is 0 Å². The lowest BCUT2D eigenvalue weighted by Gasteiger charge is -2.21. The van der Waals surface area contributed by atoms with E-state index in [1.807, 2.05) is 18.2 Å². The van der Waals surface area contributed by atoms with E-state index in [0.717, 1.165) is 22.8 Å². The summed E-state index contributed by atoms with van der Waals surface area (Å²) in [6, 6.07) is 10.1. The maximum absolute atomic E-state index is 5.41. The number of nitrogens with zero attached hydrogens (tertiary/aromatic N) is 2. The number of anilines is 2. The summed E-state index contributed by atoms with van der Waals surface area (Å²) in [5.74, 6) is 3.01. The number of rotatable bonds is 6. The standard InChI is InChI=1S/C19H26N4O/c1-19(2,3)23-18-21-15(13-9-10-13)11-17(22-18)20-12-14-7-5-6-8-16(14)24-4/h5-8,11,13H,9-10,12H2,1-4H3,(H2,20,21,22,23). The van der Waals surface area contributed by atoms with Crippen LogP contribution in [-0.4, -0.2) is 22.6 Å². The van der Waals surface area contributed by atoms with Crippen molar-refractivity contribution >= 4 is 11.8 Å². The molecule has 1 aliphatic carbocycles. The van der Waals surface area contributed by atoms with Gasteiger partial charge in [-0.05, 0) is 39.7 Å².